The van der Waals surface area contributed by atoms with Crippen LogP contribution in [-0.2, 0) is 0 Å². The molecule has 0 aromatic heterocycles. The first kappa shape index (κ1) is 20.7. The van der Waals surface area contributed by atoms with E-state index >= 15 is 0 Å². The highest BCUT2D eigenvalue weighted by atomic mass is 16.3. The van der Waals surface area contributed by atoms with Gasteiger partial charge >= 0.3 is 0 Å². The van der Waals surface area contributed by atoms with Gasteiger partial charge in [0.25, 0.3) is 0 Å². The molecule has 0 radical (unpaired) electrons. The van der Waals surface area contributed by atoms with Crippen molar-refractivity contribution in [2.75, 3.05) is 38.0 Å². The van der Waals surface area contributed by atoms with Gasteiger partial charge in [0.2, 0.25) is 0 Å². The highest BCUT2D eigenvalue weighted by Crippen LogP contribution is 2.51. The average Bonchev–Trinajstić information content (AvgIpc) is 2.60. The molecule has 4 heteroatoms. The fourth-order valence-electron chi connectivity index (χ4n) is 4.86. The summed E-state index contributed by atoms with van der Waals surface area (Å²) in [6.07, 6.45) is -1.17. The van der Waals surface area contributed by atoms with Gasteiger partial charge in [0.05, 0.1) is 12.2 Å². The minimum absolute atomic E-state index is 0.242. The monoisotopic (exact) mass is 382 g/mol. The van der Waals surface area contributed by atoms with Crippen molar-refractivity contribution in [3.8, 4) is 0 Å². The first-order valence-corrected chi connectivity index (χ1v) is 9.97. The Morgan fingerprint density at radius 1 is 0.571 bits per heavy atom. The standard InChI is InChI=1S/C24H34N2O2/c1-13-9-17(25(5)6)10-14(2)19(13)21-23(27)22(24(21)28)20-15(3)11-18(26(7)8)12-16(20)4/h9-12,21-24,27-28H,1-8H3. The number of rotatable bonds is 4. The number of aliphatic hydroxyl groups is 2. The summed E-state index contributed by atoms with van der Waals surface area (Å²) in [7, 11) is 8.11. The van der Waals surface area contributed by atoms with Crippen LogP contribution in [0, 0.1) is 27.7 Å². The average molecular weight is 383 g/mol. The van der Waals surface area contributed by atoms with Gasteiger partial charge in [-0.25, -0.2) is 0 Å². The van der Waals surface area contributed by atoms with Gasteiger partial charge in [-0.05, 0) is 85.3 Å². The Hall–Kier alpha value is -2.04. The molecule has 1 aliphatic carbocycles. The predicted octanol–water partition coefficient (Wildman–Crippen LogP) is 3.66. The molecule has 0 spiro atoms. The Kier molecular flexibility index (Phi) is 5.48. The second-order valence-corrected chi connectivity index (χ2v) is 8.81. The molecular weight excluding hydrogens is 348 g/mol. The van der Waals surface area contributed by atoms with Crippen LogP contribution in [0.2, 0.25) is 0 Å². The molecule has 2 aromatic carbocycles. The SMILES string of the molecule is Cc1cc(N(C)C)cc(C)c1C1C(O)C(c2c(C)cc(N(C)C)cc2C)C1O. The molecule has 1 aliphatic rings. The number of hydrogen-bond acceptors (Lipinski definition) is 4. The molecule has 152 valence electrons. The Balaban J connectivity index is 1.96. The van der Waals surface area contributed by atoms with Crippen LogP contribution in [-0.4, -0.2) is 50.6 Å². The second-order valence-electron chi connectivity index (χ2n) is 8.81. The van der Waals surface area contributed by atoms with Crippen LogP contribution in [0.25, 0.3) is 0 Å². The van der Waals surface area contributed by atoms with E-state index in [2.05, 4.69) is 61.8 Å². The summed E-state index contributed by atoms with van der Waals surface area (Å²) in [6, 6.07) is 8.55. The van der Waals surface area contributed by atoms with Crippen LogP contribution in [0.3, 0.4) is 0 Å². The number of nitrogens with zero attached hydrogens (tertiary/aromatic N) is 2. The van der Waals surface area contributed by atoms with Gasteiger partial charge in [-0.3, -0.25) is 0 Å². The molecule has 0 amide bonds. The van der Waals surface area contributed by atoms with Gasteiger partial charge in [0.1, 0.15) is 0 Å². The Morgan fingerprint density at radius 2 is 0.821 bits per heavy atom. The summed E-state index contributed by atoms with van der Waals surface area (Å²) in [4.78, 5) is 4.17. The van der Waals surface area contributed by atoms with Crippen molar-refractivity contribution in [2.45, 2.75) is 51.7 Å². The molecular formula is C24H34N2O2. The smallest absolute Gasteiger partial charge is 0.0727 e. The van der Waals surface area contributed by atoms with E-state index in [1.165, 1.54) is 0 Å². The van der Waals surface area contributed by atoms with Crippen LogP contribution in [0.5, 0.6) is 0 Å². The van der Waals surface area contributed by atoms with Crippen molar-refractivity contribution in [2.24, 2.45) is 0 Å². The first-order valence-electron chi connectivity index (χ1n) is 9.97. The lowest BCUT2D eigenvalue weighted by Crippen LogP contribution is -2.52. The minimum atomic E-state index is -0.583. The molecule has 2 N–H and O–H groups in total. The molecule has 28 heavy (non-hydrogen) atoms. The van der Waals surface area contributed by atoms with Crippen LogP contribution in [0.15, 0.2) is 24.3 Å². The maximum Gasteiger partial charge on any atom is 0.0727 e. The Morgan fingerprint density at radius 3 is 1.04 bits per heavy atom. The van der Waals surface area contributed by atoms with Gasteiger partial charge in [0, 0.05) is 51.4 Å². The van der Waals surface area contributed by atoms with Crippen LogP contribution < -0.4 is 9.80 Å². The van der Waals surface area contributed by atoms with E-state index in [0.29, 0.717) is 0 Å². The molecule has 0 heterocycles. The lowest BCUT2D eigenvalue weighted by Gasteiger charge is -2.49. The maximum atomic E-state index is 11.1. The molecule has 1 fully saturated rings. The van der Waals surface area contributed by atoms with E-state index in [4.69, 9.17) is 0 Å². The fraction of sp³-hybridized carbons (Fsp3) is 0.500. The number of hydrogen-bond donors (Lipinski definition) is 2. The van der Waals surface area contributed by atoms with Gasteiger partial charge in [0.15, 0.2) is 0 Å². The van der Waals surface area contributed by atoms with Gasteiger partial charge < -0.3 is 20.0 Å². The molecule has 0 atom stereocenters. The zero-order valence-corrected chi connectivity index (χ0v) is 18.4. The largest absolute Gasteiger partial charge is 0.392 e. The minimum Gasteiger partial charge on any atom is -0.392 e. The highest BCUT2D eigenvalue weighted by Gasteiger charge is 2.52. The summed E-state index contributed by atoms with van der Waals surface area (Å²) in [5.41, 5.74) is 8.96. The van der Waals surface area contributed by atoms with Crippen molar-refractivity contribution < 1.29 is 10.2 Å². The zero-order valence-electron chi connectivity index (χ0n) is 18.4. The van der Waals surface area contributed by atoms with Gasteiger partial charge in [-0.2, -0.15) is 0 Å². The Bertz CT molecular complexity index is 761. The van der Waals surface area contributed by atoms with Gasteiger partial charge in [-0.15, -0.1) is 0 Å². The molecule has 0 aliphatic heterocycles. The first-order chi connectivity index (χ1) is 13.0. The normalized spacial score (nSPS) is 24.1. The van der Waals surface area contributed by atoms with E-state index in [-0.39, 0.29) is 11.8 Å². The van der Waals surface area contributed by atoms with E-state index in [0.717, 1.165) is 44.8 Å². The third-order valence-electron chi connectivity index (χ3n) is 6.33. The quantitative estimate of drug-likeness (QED) is 0.847. The van der Waals surface area contributed by atoms with Crippen LogP contribution in [0.4, 0.5) is 11.4 Å². The summed E-state index contributed by atoms with van der Waals surface area (Å²) in [5, 5.41) is 22.2. The zero-order chi connectivity index (χ0) is 20.9. The van der Waals surface area contributed by atoms with E-state index in [9.17, 15) is 10.2 Å². The molecule has 0 unspecified atom stereocenters. The fourth-order valence-corrected chi connectivity index (χ4v) is 4.86. The Labute approximate surface area is 169 Å². The van der Waals surface area contributed by atoms with Crippen LogP contribution >= 0.6 is 0 Å². The number of benzene rings is 2. The third-order valence-corrected chi connectivity index (χ3v) is 6.33. The number of aryl methyl sites for hydroxylation is 4. The number of aliphatic hydroxyl groups excluding tert-OH is 2. The van der Waals surface area contributed by atoms with E-state index < -0.39 is 12.2 Å². The van der Waals surface area contributed by atoms with Crippen molar-refractivity contribution in [3.05, 3.63) is 57.6 Å². The molecule has 2 aromatic rings. The molecule has 0 saturated heterocycles. The summed E-state index contributed by atoms with van der Waals surface area (Å²) >= 11 is 0. The molecule has 0 bridgehead atoms. The molecule has 1 saturated carbocycles. The second kappa shape index (κ2) is 7.41. The summed E-state index contributed by atoms with van der Waals surface area (Å²) in [5.74, 6) is -0.484. The lowest BCUT2D eigenvalue weighted by atomic mass is 9.60. The topological polar surface area (TPSA) is 46.9 Å². The molecule has 3 rings (SSSR count). The summed E-state index contributed by atoms with van der Waals surface area (Å²) in [6.45, 7) is 8.30. The highest BCUT2D eigenvalue weighted by molar-refractivity contribution is 5.58. The van der Waals surface area contributed by atoms with E-state index in [1.54, 1.807) is 0 Å². The maximum absolute atomic E-state index is 11.1. The van der Waals surface area contributed by atoms with Crippen molar-refractivity contribution >= 4 is 11.4 Å². The van der Waals surface area contributed by atoms with Crippen LogP contribution in [0.1, 0.15) is 45.2 Å². The van der Waals surface area contributed by atoms with E-state index in [1.807, 2.05) is 28.2 Å². The van der Waals surface area contributed by atoms with Crippen molar-refractivity contribution in [1.29, 1.82) is 0 Å². The lowest BCUT2D eigenvalue weighted by molar-refractivity contribution is -0.0793. The number of anilines is 2. The molecule has 4 nitrogen and oxygen atoms in total. The van der Waals surface area contributed by atoms with Gasteiger partial charge in [-0.1, -0.05) is 0 Å². The predicted molar refractivity (Wildman–Crippen MR) is 118 cm³/mol. The third kappa shape index (κ3) is 3.29. The summed E-state index contributed by atoms with van der Waals surface area (Å²) < 4.78 is 0. The van der Waals surface area contributed by atoms with Crippen molar-refractivity contribution in [3.63, 3.8) is 0 Å². The van der Waals surface area contributed by atoms with Crippen molar-refractivity contribution in [1.82, 2.24) is 0 Å².